The number of hydrogen-bond donors (Lipinski definition) is 1. The molecule has 0 aromatic heterocycles. The molecule has 0 aliphatic heterocycles. The highest BCUT2D eigenvalue weighted by Gasteiger charge is 2.38. The first kappa shape index (κ1) is 32.9. The number of benzene rings is 1. The van der Waals surface area contributed by atoms with Crippen molar-refractivity contribution in [3.63, 3.8) is 0 Å². The number of halogens is 4. The standard InChI is InChI=1S/C29H45F4NO3/c1-4-5-6-7-8-9-10-11-12-13-14-15-16-17-21-37-28(36)26(22(2)3)34-27(35)25-23(29(31,32)33)19-18-20-24(25)30/h18-20,22,26H,4-17,21H2,1-3H3,(H,34,35). The molecule has 1 aromatic carbocycles. The molecule has 212 valence electrons. The quantitative estimate of drug-likeness (QED) is 0.110. The highest BCUT2D eigenvalue weighted by Crippen LogP contribution is 2.33. The number of rotatable bonds is 19. The Hall–Kier alpha value is -2.12. The summed E-state index contributed by atoms with van der Waals surface area (Å²) >= 11 is 0. The van der Waals surface area contributed by atoms with Crippen LogP contribution in [0.5, 0.6) is 0 Å². The minimum Gasteiger partial charge on any atom is -0.464 e. The first-order chi connectivity index (χ1) is 17.6. The maximum Gasteiger partial charge on any atom is 0.417 e. The maximum absolute atomic E-state index is 14.1. The smallest absolute Gasteiger partial charge is 0.417 e. The summed E-state index contributed by atoms with van der Waals surface area (Å²) in [4.78, 5) is 25.0. The fraction of sp³-hybridized carbons (Fsp3) is 0.724. The predicted molar refractivity (Wildman–Crippen MR) is 139 cm³/mol. The fourth-order valence-corrected chi connectivity index (χ4v) is 4.26. The topological polar surface area (TPSA) is 55.4 Å². The number of nitrogens with one attached hydrogen (secondary N) is 1. The molecule has 1 rings (SSSR count). The van der Waals surface area contributed by atoms with E-state index in [0.29, 0.717) is 12.5 Å². The van der Waals surface area contributed by atoms with Crippen LogP contribution in [0.15, 0.2) is 18.2 Å². The molecule has 0 radical (unpaired) electrons. The zero-order valence-corrected chi connectivity index (χ0v) is 22.7. The second kappa shape index (κ2) is 18.2. The van der Waals surface area contributed by atoms with Crippen LogP contribution in [0.4, 0.5) is 17.6 Å². The Kier molecular flexibility index (Phi) is 16.2. The zero-order chi connectivity index (χ0) is 27.7. The van der Waals surface area contributed by atoms with E-state index in [-0.39, 0.29) is 6.61 Å². The molecule has 0 spiro atoms. The molecule has 1 unspecified atom stereocenters. The van der Waals surface area contributed by atoms with Crippen molar-refractivity contribution in [2.24, 2.45) is 5.92 Å². The number of carbonyl (C=O) groups is 2. The molecule has 0 fully saturated rings. The molecule has 0 saturated carbocycles. The lowest BCUT2D eigenvalue weighted by Crippen LogP contribution is -2.46. The lowest BCUT2D eigenvalue weighted by molar-refractivity contribution is -0.147. The van der Waals surface area contributed by atoms with E-state index in [0.717, 1.165) is 31.4 Å². The predicted octanol–water partition coefficient (Wildman–Crippen LogP) is 8.62. The van der Waals surface area contributed by atoms with Crippen molar-refractivity contribution in [3.05, 3.63) is 35.1 Å². The number of carbonyl (C=O) groups excluding carboxylic acids is 2. The van der Waals surface area contributed by atoms with Gasteiger partial charge in [0, 0.05) is 0 Å². The largest absolute Gasteiger partial charge is 0.464 e. The summed E-state index contributed by atoms with van der Waals surface area (Å²) < 4.78 is 59.1. The van der Waals surface area contributed by atoms with Crippen LogP contribution in [-0.2, 0) is 15.7 Å². The van der Waals surface area contributed by atoms with Gasteiger partial charge in [-0.2, -0.15) is 13.2 Å². The van der Waals surface area contributed by atoms with E-state index in [1.54, 1.807) is 13.8 Å². The average Bonchev–Trinajstić information content (AvgIpc) is 2.83. The van der Waals surface area contributed by atoms with Gasteiger partial charge in [-0.1, -0.05) is 110 Å². The number of amides is 1. The van der Waals surface area contributed by atoms with Crippen molar-refractivity contribution in [2.45, 2.75) is 123 Å². The Morgan fingerprint density at radius 3 is 1.78 bits per heavy atom. The molecular formula is C29H45F4NO3. The maximum atomic E-state index is 14.1. The molecule has 0 aliphatic carbocycles. The summed E-state index contributed by atoms with van der Waals surface area (Å²) in [5.41, 5.74) is -2.51. The minimum absolute atomic E-state index is 0.170. The lowest BCUT2D eigenvalue weighted by atomic mass is 10.0. The van der Waals surface area contributed by atoms with Gasteiger partial charge in [0.05, 0.1) is 17.7 Å². The van der Waals surface area contributed by atoms with Crippen molar-refractivity contribution in [1.82, 2.24) is 5.32 Å². The second-order valence-electron chi connectivity index (χ2n) is 10.1. The summed E-state index contributed by atoms with van der Waals surface area (Å²) in [6.45, 7) is 5.66. The summed E-state index contributed by atoms with van der Waals surface area (Å²) in [6.07, 6.45) is 11.9. The first-order valence-electron chi connectivity index (χ1n) is 13.9. The van der Waals surface area contributed by atoms with Gasteiger partial charge in [-0.3, -0.25) is 4.79 Å². The van der Waals surface area contributed by atoms with E-state index in [1.807, 2.05) is 0 Å². The fourth-order valence-electron chi connectivity index (χ4n) is 4.26. The van der Waals surface area contributed by atoms with E-state index in [9.17, 15) is 27.2 Å². The van der Waals surface area contributed by atoms with Crippen LogP contribution in [0.3, 0.4) is 0 Å². The van der Waals surface area contributed by atoms with Crippen molar-refractivity contribution < 1.29 is 31.9 Å². The van der Waals surface area contributed by atoms with Crippen molar-refractivity contribution in [2.75, 3.05) is 6.61 Å². The molecule has 1 aromatic rings. The van der Waals surface area contributed by atoms with Crippen LogP contribution in [-0.4, -0.2) is 24.5 Å². The molecular weight excluding hydrogens is 486 g/mol. The molecule has 4 nitrogen and oxygen atoms in total. The molecule has 0 heterocycles. The van der Waals surface area contributed by atoms with Crippen molar-refractivity contribution >= 4 is 11.9 Å². The number of unbranched alkanes of at least 4 members (excludes halogenated alkanes) is 13. The van der Waals surface area contributed by atoms with Crippen LogP contribution < -0.4 is 5.32 Å². The van der Waals surface area contributed by atoms with Crippen LogP contribution in [0.25, 0.3) is 0 Å². The minimum atomic E-state index is -4.91. The number of ether oxygens (including phenoxy) is 1. The summed E-state index contributed by atoms with van der Waals surface area (Å²) in [7, 11) is 0. The van der Waals surface area contributed by atoms with Gasteiger partial charge >= 0.3 is 12.1 Å². The third-order valence-corrected chi connectivity index (χ3v) is 6.50. The Labute approximate surface area is 219 Å². The zero-order valence-electron chi connectivity index (χ0n) is 22.7. The third-order valence-electron chi connectivity index (χ3n) is 6.50. The molecule has 37 heavy (non-hydrogen) atoms. The molecule has 1 amide bonds. The number of alkyl halides is 3. The Balaban J connectivity index is 2.30. The SMILES string of the molecule is CCCCCCCCCCCCCCCCOC(=O)C(NC(=O)c1c(F)cccc1C(F)(F)F)C(C)C. The summed E-state index contributed by atoms with van der Waals surface area (Å²) in [6, 6.07) is 1.12. The third kappa shape index (κ3) is 13.3. The summed E-state index contributed by atoms with van der Waals surface area (Å²) in [5, 5.41) is 2.23. The van der Waals surface area contributed by atoms with E-state index in [2.05, 4.69) is 12.2 Å². The first-order valence-corrected chi connectivity index (χ1v) is 13.9. The van der Waals surface area contributed by atoms with Crippen LogP contribution in [0.2, 0.25) is 0 Å². The van der Waals surface area contributed by atoms with Crippen LogP contribution in [0.1, 0.15) is 127 Å². The molecule has 0 saturated heterocycles. The van der Waals surface area contributed by atoms with Crippen LogP contribution >= 0.6 is 0 Å². The van der Waals surface area contributed by atoms with Crippen molar-refractivity contribution in [3.8, 4) is 0 Å². The number of esters is 1. The van der Waals surface area contributed by atoms with Gasteiger partial charge in [0.15, 0.2) is 0 Å². The van der Waals surface area contributed by atoms with E-state index < -0.39 is 47.0 Å². The molecule has 0 aliphatic rings. The van der Waals surface area contributed by atoms with Gasteiger partial charge in [0.2, 0.25) is 0 Å². The second-order valence-corrected chi connectivity index (χ2v) is 10.1. The molecule has 1 atom stereocenters. The summed E-state index contributed by atoms with van der Waals surface area (Å²) in [5.74, 6) is -3.78. The van der Waals surface area contributed by atoms with Crippen LogP contribution in [0, 0.1) is 11.7 Å². The normalized spacial score (nSPS) is 12.5. The van der Waals surface area contributed by atoms with Gasteiger partial charge in [0.1, 0.15) is 11.9 Å². The molecule has 0 bridgehead atoms. The van der Waals surface area contributed by atoms with E-state index in [1.165, 1.54) is 64.2 Å². The van der Waals surface area contributed by atoms with E-state index in [4.69, 9.17) is 4.74 Å². The molecule has 1 N–H and O–H groups in total. The Bertz CT molecular complexity index is 796. The highest BCUT2D eigenvalue weighted by atomic mass is 19.4. The lowest BCUT2D eigenvalue weighted by Gasteiger charge is -2.22. The van der Waals surface area contributed by atoms with E-state index >= 15 is 0 Å². The number of hydrogen-bond acceptors (Lipinski definition) is 3. The highest BCUT2D eigenvalue weighted by molar-refractivity contribution is 5.98. The van der Waals surface area contributed by atoms with Gasteiger partial charge in [-0.15, -0.1) is 0 Å². The Morgan fingerprint density at radius 2 is 1.32 bits per heavy atom. The average molecular weight is 532 g/mol. The van der Waals surface area contributed by atoms with Gasteiger partial charge in [-0.25, -0.2) is 9.18 Å². The Morgan fingerprint density at radius 1 is 0.838 bits per heavy atom. The van der Waals surface area contributed by atoms with Crippen molar-refractivity contribution in [1.29, 1.82) is 0 Å². The molecule has 8 heteroatoms. The van der Waals surface area contributed by atoms with Gasteiger partial charge in [-0.05, 0) is 24.5 Å². The monoisotopic (exact) mass is 531 g/mol. The van der Waals surface area contributed by atoms with Gasteiger partial charge < -0.3 is 10.1 Å². The van der Waals surface area contributed by atoms with Gasteiger partial charge in [0.25, 0.3) is 5.91 Å².